The Morgan fingerprint density at radius 3 is 2.28 bits per heavy atom. The minimum atomic E-state index is -3.94. The highest BCUT2D eigenvalue weighted by molar-refractivity contribution is 7.92. The zero-order valence-corrected chi connectivity index (χ0v) is 21.3. The Morgan fingerprint density at radius 1 is 0.889 bits per heavy atom. The van der Waals surface area contributed by atoms with E-state index in [2.05, 4.69) is 15.0 Å². The van der Waals surface area contributed by atoms with Crippen LogP contribution >= 0.6 is 11.3 Å². The molecular weight excluding hydrogens is 502 g/mol. The molecule has 1 amide bonds. The molecule has 4 rings (SSSR count). The highest BCUT2D eigenvalue weighted by Gasteiger charge is 2.20. The largest absolute Gasteiger partial charge is 0.497 e. The summed E-state index contributed by atoms with van der Waals surface area (Å²) in [6, 6.07) is 17.6. The van der Waals surface area contributed by atoms with Crippen molar-refractivity contribution < 1.29 is 27.4 Å². The van der Waals surface area contributed by atoms with Crippen molar-refractivity contribution in [3.8, 4) is 28.5 Å². The Kier molecular flexibility index (Phi) is 7.41. The van der Waals surface area contributed by atoms with Gasteiger partial charge in [-0.15, -0.1) is 11.3 Å². The molecule has 0 unspecified atom stereocenters. The highest BCUT2D eigenvalue weighted by Crippen LogP contribution is 2.35. The molecule has 11 heteroatoms. The van der Waals surface area contributed by atoms with Crippen LogP contribution in [0.15, 0.2) is 77.0 Å². The van der Waals surface area contributed by atoms with Gasteiger partial charge in [0, 0.05) is 17.0 Å². The number of ether oxygens (including phenoxy) is 3. The summed E-state index contributed by atoms with van der Waals surface area (Å²) in [7, 11) is 0.682. The molecule has 9 nitrogen and oxygen atoms in total. The van der Waals surface area contributed by atoms with E-state index in [9.17, 15) is 13.2 Å². The summed E-state index contributed by atoms with van der Waals surface area (Å²) in [6.07, 6.45) is 0. The Balaban J connectivity index is 1.54. The topological polar surface area (TPSA) is 116 Å². The number of hydrogen-bond acceptors (Lipinski definition) is 8. The molecule has 0 saturated heterocycles. The fourth-order valence-electron chi connectivity index (χ4n) is 3.36. The first kappa shape index (κ1) is 25.0. The van der Waals surface area contributed by atoms with E-state index in [4.69, 9.17) is 14.2 Å². The average Bonchev–Trinajstić information content (AvgIpc) is 3.36. The number of hydrogen-bond donors (Lipinski definition) is 2. The molecule has 0 aliphatic heterocycles. The Hall–Kier alpha value is -4.09. The fourth-order valence-corrected chi connectivity index (χ4v) is 5.14. The zero-order chi connectivity index (χ0) is 25.7. The van der Waals surface area contributed by atoms with Crippen LogP contribution in [0.1, 0.15) is 10.4 Å². The number of amides is 1. The number of nitrogens with one attached hydrogen (secondary N) is 2. The molecule has 2 N–H and O–H groups in total. The van der Waals surface area contributed by atoms with E-state index in [1.165, 1.54) is 42.7 Å². The van der Waals surface area contributed by atoms with Crippen molar-refractivity contribution in [2.75, 3.05) is 31.4 Å². The summed E-state index contributed by atoms with van der Waals surface area (Å²) >= 11 is 1.24. The fraction of sp³-hybridized carbons (Fsp3) is 0.120. The van der Waals surface area contributed by atoms with Crippen molar-refractivity contribution in [1.82, 2.24) is 4.98 Å². The van der Waals surface area contributed by atoms with Crippen LogP contribution in [0.25, 0.3) is 11.3 Å². The first-order chi connectivity index (χ1) is 17.3. The monoisotopic (exact) mass is 525 g/mol. The third-order valence-electron chi connectivity index (χ3n) is 5.20. The van der Waals surface area contributed by atoms with Crippen molar-refractivity contribution in [2.24, 2.45) is 0 Å². The van der Waals surface area contributed by atoms with Crippen LogP contribution in [0.3, 0.4) is 0 Å². The number of carbonyl (C=O) groups excluding carboxylic acids is 1. The normalized spacial score (nSPS) is 11.0. The third-order valence-corrected chi connectivity index (χ3v) is 7.33. The lowest BCUT2D eigenvalue weighted by atomic mass is 10.1. The van der Waals surface area contributed by atoms with Crippen molar-refractivity contribution in [3.63, 3.8) is 0 Å². The van der Waals surface area contributed by atoms with Gasteiger partial charge in [-0.3, -0.25) is 14.8 Å². The van der Waals surface area contributed by atoms with Crippen molar-refractivity contribution in [1.29, 1.82) is 0 Å². The maximum absolute atomic E-state index is 13.1. The number of rotatable bonds is 9. The van der Waals surface area contributed by atoms with Gasteiger partial charge in [-0.05, 0) is 48.5 Å². The number of anilines is 2. The van der Waals surface area contributed by atoms with Gasteiger partial charge in [-0.2, -0.15) is 0 Å². The molecule has 1 aromatic heterocycles. The Morgan fingerprint density at radius 2 is 1.58 bits per heavy atom. The summed E-state index contributed by atoms with van der Waals surface area (Å²) in [4.78, 5) is 17.6. The first-order valence-electron chi connectivity index (χ1n) is 10.6. The molecule has 0 radical (unpaired) electrons. The molecular formula is C25H23N3O6S2. The van der Waals surface area contributed by atoms with Crippen molar-refractivity contribution in [3.05, 3.63) is 77.7 Å². The molecule has 4 aromatic rings. The standard InChI is InChI=1S/C25H23N3O6S2/c1-32-16-8-11-18(12-9-16)36(30,31)28-21-7-5-4-6-20(21)24(29)27-25-26-22(15-35-25)19-13-10-17(33-2)14-23(19)34-3/h4-15,28H,1-3H3,(H,26,27,29). The lowest BCUT2D eigenvalue weighted by molar-refractivity contribution is 0.102. The number of aromatic nitrogens is 1. The molecule has 186 valence electrons. The molecule has 0 aliphatic rings. The van der Waals surface area contributed by atoms with Gasteiger partial charge in [0.2, 0.25) is 0 Å². The number of thiazole rings is 1. The van der Waals surface area contributed by atoms with Crippen molar-refractivity contribution in [2.45, 2.75) is 4.90 Å². The molecule has 0 atom stereocenters. The first-order valence-corrected chi connectivity index (χ1v) is 13.0. The van der Waals surface area contributed by atoms with E-state index in [-0.39, 0.29) is 16.1 Å². The second-order valence-electron chi connectivity index (χ2n) is 7.38. The van der Waals surface area contributed by atoms with Crippen LogP contribution < -0.4 is 24.2 Å². The van der Waals surface area contributed by atoms with Gasteiger partial charge in [-0.1, -0.05) is 12.1 Å². The summed E-state index contributed by atoms with van der Waals surface area (Å²) in [6.45, 7) is 0. The van der Waals surface area contributed by atoms with Gasteiger partial charge in [-0.25, -0.2) is 13.4 Å². The Labute approximate surface area is 212 Å². The van der Waals surface area contributed by atoms with E-state index in [0.717, 1.165) is 5.56 Å². The van der Waals surface area contributed by atoms with E-state index in [1.807, 2.05) is 6.07 Å². The summed E-state index contributed by atoms with van der Waals surface area (Å²) < 4.78 is 44.0. The molecule has 0 bridgehead atoms. The van der Waals surface area contributed by atoms with Crippen LogP contribution in [0.4, 0.5) is 10.8 Å². The van der Waals surface area contributed by atoms with Gasteiger partial charge >= 0.3 is 0 Å². The smallest absolute Gasteiger partial charge is 0.261 e. The van der Waals surface area contributed by atoms with E-state index in [1.54, 1.807) is 56.0 Å². The lowest BCUT2D eigenvalue weighted by Gasteiger charge is -2.12. The third kappa shape index (κ3) is 5.42. The van der Waals surface area contributed by atoms with Gasteiger partial charge in [0.1, 0.15) is 17.2 Å². The van der Waals surface area contributed by atoms with Crippen molar-refractivity contribution >= 4 is 38.1 Å². The van der Waals surface area contributed by atoms with Crippen LogP contribution in [-0.4, -0.2) is 40.6 Å². The minimum Gasteiger partial charge on any atom is -0.497 e. The van der Waals surface area contributed by atoms with Gasteiger partial charge in [0.25, 0.3) is 15.9 Å². The maximum Gasteiger partial charge on any atom is 0.261 e. The SMILES string of the molecule is COc1ccc(S(=O)(=O)Nc2ccccc2C(=O)Nc2nc(-c3ccc(OC)cc3OC)cs2)cc1. The average molecular weight is 526 g/mol. The highest BCUT2D eigenvalue weighted by atomic mass is 32.2. The van der Waals surface area contributed by atoms with Gasteiger partial charge < -0.3 is 14.2 Å². The van der Waals surface area contributed by atoms with Gasteiger partial charge in [0.15, 0.2) is 5.13 Å². The second-order valence-corrected chi connectivity index (χ2v) is 9.93. The molecule has 3 aromatic carbocycles. The number of sulfonamides is 1. The van der Waals surface area contributed by atoms with Crippen LogP contribution in [0.5, 0.6) is 17.2 Å². The van der Waals surface area contributed by atoms with Gasteiger partial charge in [0.05, 0.1) is 43.2 Å². The zero-order valence-electron chi connectivity index (χ0n) is 19.6. The molecule has 0 spiro atoms. The predicted octanol–water partition coefficient (Wildman–Crippen LogP) is 4.89. The van der Waals surface area contributed by atoms with Crippen LogP contribution in [0, 0.1) is 0 Å². The minimum absolute atomic E-state index is 0.0384. The number of para-hydroxylation sites is 1. The van der Waals surface area contributed by atoms with Crippen LogP contribution in [-0.2, 0) is 10.0 Å². The molecule has 36 heavy (non-hydrogen) atoms. The summed E-state index contributed by atoms with van der Waals surface area (Å²) in [5.74, 6) is 1.25. The predicted molar refractivity (Wildman–Crippen MR) is 139 cm³/mol. The molecule has 0 aliphatic carbocycles. The molecule has 0 fully saturated rings. The van der Waals surface area contributed by atoms with Crippen LogP contribution in [0.2, 0.25) is 0 Å². The lowest BCUT2D eigenvalue weighted by Crippen LogP contribution is -2.18. The summed E-state index contributed by atoms with van der Waals surface area (Å²) in [5.41, 5.74) is 1.64. The number of benzene rings is 3. The van der Waals surface area contributed by atoms with E-state index >= 15 is 0 Å². The second kappa shape index (κ2) is 10.7. The number of nitrogens with zero attached hydrogens (tertiary/aromatic N) is 1. The molecule has 0 saturated carbocycles. The summed E-state index contributed by atoms with van der Waals surface area (Å²) in [5, 5.41) is 4.88. The number of methoxy groups -OCH3 is 3. The van der Waals surface area contributed by atoms with E-state index in [0.29, 0.717) is 28.1 Å². The maximum atomic E-state index is 13.1. The number of carbonyl (C=O) groups is 1. The Bertz CT molecular complexity index is 1480. The molecule has 1 heterocycles. The van der Waals surface area contributed by atoms with E-state index < -0.39 is 15.9 Å². The quantitative estimate of drug-likeness (QED) is 0.320.